The van der Waals surface area contributed by atoms with Crippen molar-refractivity contribution in [1.82, 2.24) is 0 Å². The van der Waals surface area contributed by atoms with Crippen molar-refractivity contribution >= 4 is 27.5 Å². The summed E-state index contributed by atoms with van der Waals surface area (Å²) in [6.07, 6.45) is 9.74. The minimum Gasteiger partial charge on any atom is -0.0840 e. The van der Waals surface area contributed by atoms with Gasteiger partial charge in [0.15, 0.2) is 0 Å². The number of alkyl halides is 1. The highest BCUT2D eigenvalue weighted by atomic mass is 79.9. The first-order valence-corrected chi connectivity index (χ1v) is 8.79. The molecule has 1 atom stereocenters. The molecule has 1 aliphatic rings. The molecule has 1 aliphatic carbocycles. The van der Waals surface area contributed by atoms with Crippen molar-refractivity contribution in [2.24, 2.45) is 5.92 Å². The Labute approximate surface area is 131 Å². The molecule has 2 rings (SSSR count). The van der Waals surface area contributed by atoms with Crippen molar-refractivity contribution in [2.75, 3.05) is 0 Å². The van der Waals surface area contributed by atoms with Crippen LogP contribution in [-0.2, 0) is 0 Å². The van der Waals surface area contributed by atoms with Crippen molar-refractivity contribution in [3.05, 3.63) is 33.8 Å². The van der Waals surface area contributed by atoms with E-state index in [0.29, 0.717) is 4.83 Å². The summed E-state index contributed by atoms with van der Waals surface area (Å²) in [5, 5.41) is 0.888. The van der Waals surface area contributed by atoms with Crippen LogP contribution in [0.1, 0.15) is 66.5 Å². The molecule has 19 heavy (non-hydrogen) atoms. The van der Waals surface area contributed by atoms with Crippen LogP contribution in [0.15, 0.2) is 12.1 Å². The summed E-state index contributed by atoms with van der Waals surface area (Å²) >= 11 is 10.2. The van der Waals surface area contributed by atoms with Gasteiger partial charge in [0.2, 0.25) is 0 Å². The van der Waals surface area contributed by atoms with E-state index in [4.69, 9.17) is 11.6 Å². The normalized spacial score (nSPS) is 19.8. The molecular weight excluding hydrogens is 320 g/mol. The molecule has 0 radical (unpaired) electrons. The minimum absolute atomic E-state index is 0.488. The Morgan fingerprint density at radius 1 is 1.00 bits per heavy atom. The van der Waals surface area contributed by atoms with Crippen LogP contribution in [-0.4, -0.2) is 0 Å². The lowest BCUT2D eigenvalue weighted by atomic mass is 9.85. The monoisotopic (exact) mass is 342 g/mol. The van der Waals surface area contributed by atoms with E-state index < -0.39 is 0 Å². The molecule has 0 nitrogen and oxygen atoms in total. The minimum atomic E-state index is 0.488. The first kappa shape index (κ1) is 15.4. The largest absolute Gasteiger partial charge is 0.0840 e. The lowest BCUT2D eigenvalue weighted by Gasteiger charge is -2.26. The lowest BCUT2D eigenvalue weighted by molar-refractivity contribution is 0.374. The van der Waals surface area contributed by atoms with E-state index in [1.807, 2.05) is 0 Å². The third-order valence-corrected chi connectivity index (χ3v) is 6.06. The molecule has 0 aromatic heterocycles. The Balaban J connectivity index is 2.17. The van der Waals surface area contributed by atoms with Crippen molar-refractivity contribution in [2.45, 2.75) is 63.6 Å². The highest BCUT2D eigenvalue weighted by molar-refractivity contribution is 9.09. The zero-order valence-electron chi connectivity index (χ0n) is 12.0. The van der Waals surface area contributed by atoms with Gasteiger partial charge in [-0.25, -0.2) is 0 Å². The molecule has 0 N–H and O–H groups in total. The van der Waals surface area contributed by atoms with Gasteiger partial charge in [-0.05, 0) is 55.4 Å². The standard InChI is InChI=1S/C17H24BrCl/c1-12-11-16(19)13(2)10-15(12)17(18)14-8-6-4-3-5-7-9-14/h10-11,14,17H,3-9H2,1-2H3. The van der Waals surface area contributed by atoms with Crippen molar-refractivity contribution in [3.63, 3.8) is 0 Å². The molecular formula is C17H24BrCl. The van der Waals surface area contributed by atoms with Gasteiger partial charge in [-0.2, -0.15) is 0 Å². The zero-order chi connectivity index (χ0) is 13.8. The Hall–Kier alpha value is -0.0100. The summed E-state index contributed by atoms with van der Waals surface area (Å²) in [5.41, 5.74) is 3.95. The molecule has 0 bridgehead atoms. The van der Waals surface area contributed by atoms with Crippen LogP contribution in [0.4, 0.5) is 0 Å². The molecule has 0 aliphatic heterocycles. The average Bonchev–Trinajstić information content (AvgIpc) is 2.32. The second kappa shape index (κ2) is 7.13. The van der Waals surface area contributed by atoms with Crippen molar-refractivity contribution in [3.8, 4) is 0 Å². The van der Waals surface area contributed by atoms with E-state index in [1.54, 1.807) is 0 Å². The van der Waals surface area contributed by atoms with Crippen molar-refractivity contribution in [1.29, 1.82) is 0 Å². The maximum absolute atomic E-state index is 6.21. The van der Waals surface area contributed by atoms with Crippen LogP contribution in [0, 0.1) is 19.8 Å². The van der Waals surface area contributed by atoms with Gasteiger partial charge in [0.1, 0.15) is 0 Å². The molecule has 1 aromatic rings. The molecule has 1 unspecified atom stereocenters. The predicted molar refractivity (Wildman–Crippen MR) is 88.4 cm³/mol. The van der Waals surface area contributed by atoms with Gasteiger partial charge in [0, 0.05) is 9.85 Å². The molecule has 0 heterocycles. The number of rotatable bonds is 2. The van der Waals surface area contributed by atoms with E-state index >= 15 is 0 Å². The van der Waals surface area contributed by atoms with Gasteiger partial charge in [0.25, 0.3) is 0 Å². The maximum Gasteiger partial charge on any atom is 0.0438 e. The van der Waals surface area contributed by atoms with Gasteiger partial charge in [-0.1, -0.05) is 65.7 Å². The van der Waals surface area contributed by atoms with E-state index in [2.05, 4.69) is 41.9 Å². The van der Waals surface area contributed by atoms with Crippen LogP contribution in [0.25, 0.3) is 0 Å². The van der Waals surface area contributed by atoms with Crippen LogP contribution in [0.5, 0.6) is 0 Å². The number of aryl methyl sites for hydroxylation is 2. The summed E-state index contributed by atoms with van der Waals surface area (Å²) in [5.74, 6) is 0.777. The molecule has 2 heteroatoms. The summed E-state index contributed by atoms with van der Waals surface area (Å²) in [7, 11) is 0. The number of hydrogen-bond acceptors (Lipinski definition) is 0. The van der Waals surface area contributed by atoms with E-state index in [1.165, 1.54) is 61.6 Å². The predicted octanol–water partition coefficient (Wildman–Crippen LogP) is 6.75. The molecule has 1 aromatic carbocycles. The summed E-state index contributed by atoms with van der Waals surface area (Å²) in [4.78, 5) is 0.488. The SMILES string of the molecule is Cc1cc(C(Br)C2CCCCCCC2)c(C)cc1Cl. The highest BCUT2D eigenvalue weighted by Gasteiger charge is 2.23. The number of hydrogen-bond donors (Lipinski definition) is 0. The molecule has 0 spiro atoms. The topological polar surface area (TPSA) is 0 Å². The summed E-state index contributed by atoms with van der Waals surface area (Å²) in [6.45, 7) is 4.28. The second-order valence-corrected chi connectivity index (χ2v) is 7.36. The van der Waals surface area contributed by atoms with Crippen LogP contribution in [0.2, 0.25) is 5.02 Å². The average molecular weight is 344 g/mol. The van der Waals surface area contributed by atoms with Crippen molar-refractivity contribution < 1.29 is 0 Å². The van der Waals surface area contributed by atoms with Crippen LogP contribution >= 0.6 is 27.5 Å². The zero-order valence-corrected chi connectivity index (χ0v) is 14.4. The Bertz CT molecular complexity index is 420. The van der Waals surface area contributed by atoms with Gasteiger partial charge in [0.05, 0.1) is 0 Å². The van der Waals surface area contributed by atoms with Gasteiger partial charge in [-0.3, -0.25) is 0 Å². The number of halogens is 2. The molecule has 1 fully saturated rings. The molecule has 0 saturated heterocycles. The van der Waals surface area contributed by atoms with Crippen LogP contribution in [0.3, 0.4) is 0 Å². The fourth-order valence-corrected chi connectivity index (χ4v) is 4.37. The first-order valence-electron chi connectivity index (χ1n) is 7.50. The smallest absolute Gasteiger partial charge is 0.0438 e. The quantitative estimate of drug-likeness (QED) is 0.521. The third-order valence-electron chi connectivity index (χ3n) is 4.41. The first-order chi connectivity index (χ1) is 9.09. The Kier molecular flexibility index (Phi) is 5.77. The number of benzene rings is 1. The van der Waals surface area contributed by atoms with E-state index in [0.717, 1.165) is 10.9 Å². The fraction of sp³-hybridized carbons (Fsp3) is 0.647. The molecule has 0 amide bonds. The molecule has 1 saturated carbocycles. The van der Waals surface area contributed by atoms with Gasteiger partial charge >= 0.3 is 0 Å². The van der Waals surface area contributed by atoms with E-state index in [-0.39, 0.29) is 0 Å². The Morgan fingerprint density at radius 2 is 1.58 bits per heavy atom. The molecule has 106 valence electrons. The van der Waals surface area contributed by atoms with E-state index in [9.17, 15) is 0 Å². The summed E-state index contributed by atoms with van der Waals surface area (Å²) < 4.78 is 0. The third kappa shape index (κ3) is 3.98. The van der Waals surface area contributed by atoms with Crippen LogP contribution < -0.4 is 0 Å². The van der Waals surface area contributed by atoms with Gasteiger partial charge in [-0.15, -0.1) is 0 Å². The second-order valence-electron chi connectivity index (χ2n) is 5.96. The maximum atomic E-state index is 6.21. The summed E-state index contributed by atoms with van der Waals surface area (Å²) in [6, 6.07) is 4.39. The Morgan fingerprint density at radius 3 is 2.21 bits per heavy atom. The lowest BCUT2D eigenvalue weighted by Crippen LogP contribution is -2.11. The fourth-order valence-electron chi connectivity index (χ4n) is 3.13. The highest BCUT2D eigenvalue weighted by Crippen LogP contribution is 2.41. The van der Waals surface area contributed by atoms with Gasteiger partial charge < -0.3 is 0 Å².